The lowest BCUT2D eigenvalue weighted by Crippen LogP contribution is -1.91. The molecule has 70 valence electrons. The van der Waals surface area contributed by atoms with E-state index < -0.39 is 0 Å². The molecule has 0 saturated heterocycles. The molecule has 1 rings (SSSR count). The van der Waals surface area contributed by atoms with Gasteiger partial charge in [-0.25, -0.2) is 0 Å². The normalized spacial score (nSPS) is 10.7. The van der Waals surface area contributed by atoms with Crippen molar-refractivity contribution in [1.82, 2.24) is 0 Å². The van der Waals surface area contributed by atoms with E-state index in [1.54, 1.807) is 0 Å². The zero-order chi connectivity index (χ0) is 9.68. The Kier molecular flexibility index (Phi) is 3.56. The van der Waals surface area contributed by atoms with E-state index in [2.05, 4.69) is 49.5 Å². The van der Waals surface area contributed by atoms with Crippen molar-refractivity contribution in [3.8, 4) is 0 Å². The average Bonchev–Trinajstić information content (AvgIpc) is 2.16. The summed E-state index contributed by atoms with van der Waals surface area (Å²) in [7, 11) is 1.96. The van der Waals surface area contributed by atoms with Gasteiger partial charge >= 0.3 is 0 Å². The lowest BCUT2D eigenvalue weighted by Gasteiger charge is -2.05. The molecule has 0 amide bonds. The summed E-state index contributed by atoms with van der Waals surface area (Å²) < 4.78 is 0. The molecular formula is C12H17N. The van der Waals surface area contributed by atoms with E-state index in [-0.39, 0.29) is 0 Å². The third-order valence-electron chi connectivity index (χ3n) is 2.01. The summed E-state index contributed by atoms with van der Waals surface area (Å²) in [6.45, 7) is 4.25. The Morgan fingerprint density at radius 3 is 2.77 bits per heavy atom. The third-order valence-corrected chi connectivity index (χ3v) is 2.01. The highest BCUT2D eigenvalue weighted by molar-refractivity contribution is 5.67. The molecule has 1 aromatic rings. The van der Waals surface area contributed by atoms with Gasteiger partial charge in [-0.05, 0) is 30.5 Å². The molecule has 0 unspecified atom stereocenters. The molecule has 13 heavy (non-hydrogen) atoms. The van der Waals surface area contributed by atoms with Crippen LogP contribution in [0.1, 0.15) is 24.5 Å². The summed E-state index contributed by atoms with van der Waals surface area (Å²) in [5, 5.41) is 3.19. The first kappa shape index (κ1) is 9.85. The van der Waals surface area contributed by atoms with Crippen LogP contribution in [0.5, 0.6) is 0 Å². The number of aryl methyl sites for hydroxylation is 1. The maximum Gasteiger partial charge on any atom is 0.0413 e. The Labute approximate surface area is 80.5 Å². The molecule has 0 bridgehead atoms. The molecule has 0 saturated carbocycles. The van der Waals surface area contributed by atoms with Gasteiger partial charge in [0.1, 0.15) is 0 Å². The Hall–Kier alpha value is -1.24. The maximum atomic E-state index is 3.19. The van der Waals surface area contributed by atoms with Crippen molar-refractivity contribution in [2.24, 2.45) is 0 Å². The molecular weight excluding hydrogens is 158 g/mol. The lowest BCUT2D eigenvalue weighted by atomic mass is 10.1. The summed E-state index contributed by atoms with van der Waals surface area (Å²) in [5.74, 6) is 0. The van der Waals surface area contributed by atoms with Crippen LogP contribution >= 0.6 is 0 Å². The zero-order valence-electron chi connectivity index (χ0n) is 8.59. The SMILES string of the molecule is CC/C=C/c1ccc(C)cc1NC. The average molecular weight is 175 g/mol. The fourth-order valence-electron chi connectivity index (χ4n) is 1.28. The van der Waals surface area contributed by atoms with Gasteiger partial charge in [0.25, 0.3) is 0 Å². The van der Waals surface area contributed by atoms with Crippen LogP contribution in [-0.2, 0) is 0 Å². The van der Waals surface area contributed by atoms with Gasteiger partial charge in [-0.3, -0.25) is 0 Å². The highest BCUT2D eigenvalue weighted by Gasteiger charge is 1.95. The third kappa shape index (κ3) is 2.62. The van der Waals surface area contributed by atoms with Crippen molar-refractivity contribution in [2.45, 2.75) is 20.3 Å². The highest BCUT2D eigenvalue weighted by atomic mass is 14.8. The van der Waals surface area contributed by atoms with E-state index in [1.807, 2.05) is 7.05 Å². The second kappa shape index (κ2) is 4.70. The van der Waals surface area contributed by atoms with Crippen molar-refractivity contribution in [2.75, 3.05) is 12.4 Å². The van der Waals surface area contributed by atoms with E-state index >= 15 is 0 Å². The van der Waals surface area contributed by atoms with Crippen LogP contribution in [-0.4, -0.2) is 7.05 Å². The van der Waals surface area contributed by atoms with Gasteiger partial charge in [-0.2, -0.15) is 0 Å². The van der Waals surface area contributed by atoms with Gasteiger partial charge in [0.2, 0.25) is 0 Å². The Morgan fingerprint density at radius 2 is 2.15 bits per heavy atom. The summed E-state index contributed by atoms with van der Waals surface area (Å²) in [5.41, 5.74) is 3.75. The lowest BCUT2D eigenvalue weighted by molar-refractivity contribution is 1.23. The van der Waals surface area contributed by atoms with Crippen LogP contribution in [0.4, 0.5) is 5.69 Å². The second-order valence-electron chi connectivity index (χ2n) is 3.15. The van der Waals surface area contributed by atoms with Crippen molar-refractivity contribution in [3.63, 3.8) is 0 Å². The molecule has 0 atom stereocenters. The number of anilines is 1. The van der Waals surface area contributed by atoms with E-state index in [4.69, 9.17) is 0 Å². The van der Waals surface area contributed by atoms with Crippen LogP contribution < -0.4 is 5.32 Å². The quantitative estimate of drug-likeness (QED) is 0.741. The number of hydrogen-bond acceptors (Lipinski definition) is 1. The molecule has 0 aliphatic carbocycles. The zero-order valence-corrected chi connectivity index (χ0v) is 8.59. The van der Waals surface area contributed by atoms with Crippen LogP contribution in [0.2, 0.25) is 0 Å². The Balaban J connectivity index is 2.99. The number of benzene rings is 1. The highest BCUT2D eigenvalue weighted by Crippen LogP contribution is 2.18. The molecule has 0 heterocycles. The summed E-state index contributed by atoms with van der Waals surface area (Å²) in [6, 6.07) is 6.44. The van der Waals surface area contributed by atoms with Gasteiger partial charge in [0.05, 0.1) is 0 Å². The van der Waals surface area contributed by atoms with Crippen LogP contribution in [0.3, 0.4) is 0 Å². The van der Waals surface area contributed by atoms with Crippen LogP contribution in [0.15, 0.2) is 24.3 Å². The monoisotopic (exact) mass is 175 g/mol. The molecule has 0 spiro atoms. The van der Waals surface area contributed by atoms with Crippen molar-refractivity contribution in [1.29, 1.82) is 0 Å². The number of allylic oxidation sites excluding steroid dienone is 1. The topological polar surface area (TPSA) is 12.0 Å². The molecule has 0 fully saturated rings. The number of nitrogens with one attached hydrogen (secondary N) is 1. The van der Waals surface area contributed by atoms with Gasteiger partial charge in [0, 0.05) is 12.7 Å². The standard InChI is InChI=1S/C12H17N/c1-4-5-6-11-8-7-10(2)9-12(11)13-3/h5-9,13H,4H2,1-3H3/b6-5+. The molecule has 0 aliphatic rings. The van der Waals surface area contributed by atoms with Gasteiger partial charge in [-0.15, -0.1) is 0 Å². The minimum Gasteiger partial charge on any atom is -0.388 e. The minimum absolute atomic E-state index is 1.08. The second-order valence-corrected chi connectivity index (χ2v) is 3.15. The van der Waals surface area contributed by atoms with Crippen LogP contribution in [0, 0.1) is 6.92 Å². The first-order valence-electron chi connectivity index (χ1n) is 4.73. The van der Waals surface area contributed by atoms with E-state index in [9.17, 15) is 0 Å². The molecule has 1 heteroatoms. The van der Waals surface area contributed by atoms with E-state index in [0.717, 1.165) is 6.42 Å². The van der Waals surface area contributed by atoms with Crippen molar-refractivity contribution in [3.05, 3.63) is 35.4 Å². The summed E-state index contributed by atoms with van der Waals surface area (Å²) in [4.78, 5) is 0. The summed E-state index contributed by atoms with van der Waals surface area (Å²) >= 11 is 0. The van der Waals surface area contributed by atoms with Crippen LogP contribution in [0.25, 0.3) is 6.08 Å². The number of hydrogen-bond donors (Lipinski definition) is 1. The Morgan fingerprint density at radius 1 is 1.38 bits per heavy atom. The predicted octanol–water partition coefficient (Wildman–Crippen LogP) is 3.46. The summed E-state index contributed by atoms with van der Waals surface area (Å²) in [6.07, 6.45) is 5.41. The van der Waals surface area contributed by atoms with E-state index in [0.29, 0.717) is 0 Å². The smallest absolute Gasteiger partial charge is 0.0413 e. The van der Waals surface area contributed by atoms with Crippen molar-refractivity contribution >= 4 is 11.8 Å². The molecule has 0 radical (unpaired) electrons. The van der Waals surface area contributed by atoms with Crippen molar-refractivity contribution < 1.29 is 0 Å². The molecule has 1 N–H and O–H groups in total. The molecule has 0 aromatic heterocycles. The predicted molar refractivity (Wildman–Crippen MR) is 60.1 cm³/mol. The van der Waals surface area contributed by atoms with Gasteiger partial charge < -0.3 is 5.32 Å². The molecule has 1 nitrogen and oxygen atoms in total. The number of rotatable bonds is 3. The van der Waals surface area contributed by atoms with Gasteiger partial charge in [0.15, 0.2) is 0 Å². The minimum atomic E-state index is 1.08. The van der Waals surface area contributed by atoms with E-state index in [1.165, 1.54) is 16.8 Å². The Bertz CT molecular complexity index is 300. The maximum absolute atomic E-state index is 3.19. The van der Waals surface area contributed by atoms with Gasteiger partial charge in [-0.1, -0.05) is 31.2 Å². The fourth-order valence-corrected chi connectivity index (χ4v) is 1.28. The first-order valence-corrected chi connectivity index (χ1v) is 4.73. The first-order chi connectivity index (χ1) is 6.27. The molecule has 0 aliphatic heterocycles. The fraction of sp³-hybridized carbons (Fsp3) is 0.333. The molecule has 1 aromatic carbocycles. The largest absolute Gasteiger partial charge is 0.388 e.